The van der Waals surface area contributed by atoms with Crippen LogP contribution in [0.2, 0.25) is 5.28 Å². The molecule has 6 heteroatoms. The van der Waals surface area contributed by atoms with Crippen LogP contribution in [-0.2, 0) is 4.74 Å². The lowest BCUT2D eigenvalue weighted by molar-refractivity contribution is 0.0593. The topological polar surface area (TPSA) is 78.1 Å². The molecule has 13 heavy (non-hydrogen) atoms. The van der Waals surface area contributed by atoms with E-state index in [1.165, 1.54) is 7.11 Å². The number of carbonyl (C=O) groups is 1. The molecule has 0 spiro atoms. The van der Waals surface area contributed by atoms with E-state index in [-0.39, 0.29) is 16.8 Å². The fourth-order valence-electron chi connectivity index (χ4n) is 0.801. The highest BCUT2D eigenvalue weighted by Crippen LogP contribution is 2.15. The summed E-state index contributed by atoms with van der Waals surface area (Å²) < 4.78 is 4.48. The van der Waals surface area contributed by atoms with Gasteiger partial charge >= 0.3 is 5.97 Å². The number of rotatable bonds is 1. The maximum absolute atomic E-state index is 11.1. The molecule has 70 valence electrons. The summed E-state index contributed by atoms with van der Waals surface area (Å²) in [6.45, 7) is 1.62. The Labute approximate surface area is 79.9 Å². The van der Waals surface area contributed by atoms with E-state index in [4.69, 9.17) is 17.3 Å². The second kappa shape index (κ2) is 3.57. The summed E-state index contributed by atoms with van der Waals surface area (Å²) in [7, 11) is 1.26. The van der Waals surface area contributed by atoms with Crippen LogP contribution in [0.5, 0.6) is 0 Å². The number of halogens is 1. The van der Waals surface area contributed by atoms with E-state index in [2.05, 4.69) is 14.7 Å². The summed E-state index contributed by atoms with van der Waals surface area (Å²) in [5, 5.41) is -0.0662. The standard InChI is InChI=1S/C7H8ClN3O2/c1-3-4(6(12)13-2)10-7(8)11-5(3)9/h1-2H3,(H2,9,10,11). The Morgan fingerprint density at radius 3 is 2.69 bits per heavy atom. The molecular formula is C7H8ClN3O2. The molecule has 0 radical (unpaired) electrons. The van der Waals surface area contributed by atoms with Gasteiger partial charge < -0.3 is 10.5 Å². The van der Waals surface area contributed by atoms with E-state index in [0.717, 1.165) is 0 Å². The number of methoxy groups -OCH3 is 1. The predicted octanol–water partition coefficient (Wildman–Crippen LogP) is 0.807. The molecule has 0 bridgehead atoms. The minimum Gasteiger partial charge on any atom is -0.464 e. The first-order valence-electron chi connectivity index (χ1n) is 3.44. The van der Waals surface area contributed by atoms with Crippen molar-refractivity contribution >= 4 is 23.4 Å². The summed E-state index contributed by atoms with van der Waals surface area (Å²) in [5.74, 6) is -0.395. The van der Waals surface area contributed by atoms with Gasteiger partial charge in [-0.15, -0.1) is 0 Å². The Kier molecular flexibility index (Phi) is 2.67. The molecule has 1 heterocycles. The van der Waals surface area contributed by atoms with Gasteiger partial charge in [-0.25, -0.2) is 14.8 Å². The summed E-state index contributed by atoms with van der Waals surface area (Å²) in [6, 6.07) is 0. The Hall–Kier alpha value is -1.36. The Morgan fingerprint density at radius 2 is 2.15 bits per heavy atom. The number of nitrogen functional groups attached to an aromatic ring is 1. The quantitative estimate of drug-likeness (QED) is 0.537. The van der Waals surface area contributed by atoms with Crippen molar-refractivity contribution in [3.8, 4) is 0 Å². The van der Waals surface area contributed by atoms with Crippen LogP contribution in [0, 0.1) is 6.92 Å². The summed E-state index contributed by atoms with van der Waals surface area (Å²) >= 11 is 5.51. The van der Waals surface area contributed by atoms with Crippen molar-refractivity contribution in [2.45, 2.75) is 6.92 Å². The van der Waals surface area contributed by atoms with E-state index in [1.54, 1.807) is 6.92 Å². The molecule has 0 saturated heterocycles. The van der Waals surface area contributed by atoms with Crippen LogP contribution < -0.4 is 5.73 Å². The van der Waals surface area contributed by atoms with Crippen LogP contribution in [-0.4, -0.2) is 23.0 Å². The van der Waals surface area contributed by atoms with E-state index in [1.807, 2.05) is 0 Å². The monoisotopic (exact) mass is 201 g/mol. The molecule has 1 aromatic heterocycles. The summed E-state index contributed by atoms with van der Waals surface area (Å²) in [5.41, 5.74) is 6.04. The highest BCUT2D eigenvalue weighted by atomic mass is 35.5. The highest BCUT2D eigenvalue weighted by molar-refractivity contribution is 6.28. The van der Waals surface area contributed by atoms with Gasteiger partial charge in [0.2, 0.25) is 5.28 Å². The molecule has 1 rings (SSSR count). The van der Waals surface area contributed by atoms with E-state index >= 15 is 0 Å². The third-order valence-electron chi connectivity index (χ3n) is 1.53. The average molecular weight is 202 g/mol. The summed E-state index contributed by atoms with van der Waals surface area (Å²) in [6.07, 6.45) is 0. The maximum Gasteiger partial charge on any atom is 0.357 e. The zero-order valence-corrected chi connectivity index (χ0v) is 7.92. The van der Waals surface area contributed by atoms with Crippen molar-refractivity contribution in [3.63, 3.8) is 0 Å². The molecule has 2 N–H and O–H groups in total. The molecule has 0 saturated carbocycles. The number of hydrogen-bond donors (Lipinski definition) is 1. The van der Waals surface area contributed by atoms with Gasteiger partial charge in [0, 0.05) is 5.56 Å². The number of hydrogen-bond acceptors (Lipinski definition) is 5. The molecule has 0 amide bonds. The molecule has 0 aliphatic carbocycles. The molecule has 0 atom stereocenters. The SMILES string of the molecule is COC(=O)c1nc(Cl)nc(N)c1C. The zero-order valence-electron chi connectivity index (χ0n) is 7.17. The van der Waals surface area contributed by atoms with E-state index in [9.17, 15) is 4.79 Å². The number of anilines is 1. The van der Waals surface area contributed by atoms with Gasteiger partial charge in [-0.05, 0) is 18.5 Å². The molecule has 0 aliphatic rings. The number of esters is 1. The van der Waals surface area contributed by atoms with Crippen LogP contribution in [0.15, 0.2) is 0 Å². The lowest BCUT2D eigenvalue weighted by atomic mass is 10.2. The Morgan fingerprint density at radius 1 is 1.54 bits per heavy atom. The van der Waals surface area contributed by atoms with Crippen molar-refractivity contribution in [1.82, 2.24) is 9.97 Å². The molecule has 0 aliphatic heterocycles. The second-order valence-corrected chi connectivity index (χ2v) is 2.68. The van der Waals surface area contributed by atoms with Gasteiger partial charge in [0.05, 0.1) is 7.11 Å². The zero-order chi connectivity index (χ0) is 10.0. The second-order valence-electron chi connectivity index (χ2n) is 2.34. The van der Waals surface area contributed by atoms with E-state index in [0.29, 0.717) is 5.56 Å². The molecule has 0 fully saturated rings. The molecule has 5 nitrogen and oxygen atoms in total. The molecule has 0 aromatic carbocycles. The highest BCUT2D eigenvalue weighted by Gasteiger charge is 2.15. The predicted molar refractivity (Wildman–Crippen MR) is 47.5 cm³/mol. The minimum absolute atomic E-state index is 0.0662. The van der Waals surface area contributed by atoms with Gasteiger partial charge in [-0.2, -0.15) is 0 Å². The average Bonchev–Trinajstić information content (AvgIpc) is 2.10. The first kappa shape index (κ1) is 9.73. The van der Waals surface area contributed by atoms with Crippen molar-refractivity contribution in [2.75, 3.05) is 12.8 Å². The van der Waals surface area contributed by atoms with Gasteiger partial charge in [0.25, 0.3) is 0 Å². The first-order chi connectivity index (χ1) is 6.06. The smallest absolute Gasteiger partial charge is 0.357 e. The lowest BCUT2D eigenvalue weighted by Crippen LogP contribution is -2.10. The van der Waals surface area contributed by atoms with Gasteiger partial charge in [-0.3, -0.25) is 0 Å². The van der Waals surface area contributed by atoms with Crippen molar-refractivity contribution < 1.29 is 9.53 Å². The Bertz CT molecular complexity index is 354. The number of ether oxygens (including phenoxy) is 1. The third kappa shape index (κ3) is 1.86. The van der Waals surface area contributed by atoms with Gasteiger partial charge in [0.15, 0.2) is 5.69 Å². The Balaban J connectivity index is 3.28. The van der Waals surface area contributed by atoms with Crippen LogP contribution in [0.4, 0.5) is 5.82 Å². The number of carbonyl (C=O) groups excluding carboxylic acids is 1. The van der Waals surface area contributed by atoms with Crippen LogP contribution >= 0.6 is 11.6 Å². The number of nitrogens with zero attached hydrogens (tertiary/aromatic N) is 2. The minimum atomic E-state index is -0.575. The van der Waals surface area contributed by atoms with Crippen molar-refractivity contribution in [1.29, 1.82) is 0 Å². The lowest BCUT2D eigenvalue weighted by Gasteiger charge is -2.04. The van der Waals surface area contributed by atoms with Crippen LogP contribution in [0.25, 0.3) is 0 Å². The number of aromatic nitrogens is 2. The fourth-order valence-corrected chi connectivity index (χ4v) is 0.977. The van der Waals surface area contributed by atoms with Crippen molar-refractivity contribution in [3.05, 3.63) is 16.5 Å². The van der Waals surface area contributed by atoms with Crippen LogP contribution in [0.1, 0.15) is 16.1 Å². The number of nitrogens with two attached hydrogens (primary N) is 1. The summed E-state index contributed by atoms with van der Waals surface area (Å²) in [4.78, 5) is 18.5. The van der Waals surface area contributed by atoms with Gasteiger partial charge in [-0.1, -0.05) is 0 Å². The maximum atomic E-state index is 11.1. The molecule has 1 aromatic rings. The fraction of sp³-hybridized carbons (Fsp3) is 0.286. The molecular weight excluding hydrogens is 194 g/mol. The first-order valence-corrected chi connectivity index (χ1v) is 3.82. The van der Waals surface area contributed by atoms with Crippen molar-refractivity contribution in [2.24, 2.45) is 0 Å². The van der Waals surface area contributed by atoms with Crippen LogP contribution in [0.3, 0.4) is 0 Å². The normalized spacial score (nSPS) is 9.77. The molecule has 0 unspecified atom stereocenters. The third-order valence-corrected chi connectivity index (χ3v) is 1.70. The van der Waals surface area contributed by atoms with Gasteiger partial charge in [0.1, 0.15) is 5.82 Å². The van der Waals surface area contributed by atoms with E-state index < -0.39 is 5.97 Å². The largest absolute Gasteiger partial charge is 0.464 e.